The number of anilines is 1. The van der Waals surface area contributed by atoms with Crippen molar-refractivity contribution in [2.75, 3.05) is 18.0 Å². The molecule has 1 aromatic carbocycles. The Morgan fingerprint density at radius 1 is 1.22 bits per heavy atom. The first-order chi connectivity index (χ1) is 8.39. The lowest BCUT2D eigenvalue weighted by Gasteiger charge is -2.40. The second-order valence-electron chi connectivity index (χ2n) is 6.89. The Bertz CT molecular complexity index is 418. The molecule has 1 heteroatoms. The summed E-state index contributed by atoms with van der Waals surface area (Å²) in [6.45, 7) is 14.0. The molecule has 0 saturated carbocycles. The molecule has 0 atom stereocenters. The standard InChI is InChI=1S/C17H27N/c1-13(2)15-8-7-14(3)16(11-15)18-10-6-9-17(4,5)12-18/h7-8,11,13H,6,9-10,12H2,1-5H3. The summed E-state index contributed by atoms with van der Waals surface area (Å²) >= 11 is 0. The van der Waals surface area contributed by atoms with Gasteiger partial charge in [0, 0.05) is 18.8 Å². The number of hydrogen-bond acceptors (Lipinski definition) is 1. The summed E-state index contributed by atoms with van der Waals surface area (Å²) < 4.78 is 0. The summed E-state index contributed by atoms with van der Waals surface area (Å²) in [6, 6.07) is 6.96. The topological polar surface area (TPSA) is 3.24 Å². The maximum atomic E-state index is 2.59. The molecule has 2 rings (SSSR count). The maximum Gasteiger partial charge on any atom is 0.0398 e. The van der Waals surface area contributed by atoms with Crippen LogP contribution < -0.4 is 4.90 Å². The molecule has 0 spiro atoms. The fraction of sp³-hybridized carbons (Fsp3) is 0.647. The minimum atomic E-state index is 0.457. The van der Waals surface area contributed by atoms with Gasteiger partial charge in [-0.15, -0.1) is 0 Å². The summed E-state index contributed by atoms with van der Waals surface area (Å²) in [6.07, 6.45) is 2.67. The van der Waals surface area contributed by atoms with E-state index in [9.17, 15) is 0 Å². The Morgan fingerprint density at radius 2 is 1.94 bits per heavy atom. The zero-order chi connectivity index (χ0) is 13.3. The average molecular weight is 245 g/mol. The molecule has 0 aromatic heterocycles. The molecule has 18 heavy (non-hydrogen) atoms. The van der Waals surface area contributed by atoms with Crippen LogP contribution in [0.25, 0.3) is 0 Å². The minimum absolute atomic E-state index is 0.457. The van der Waals surface area contributed by atoms with Crippen LogP contribution in [0.4, 0.5) is 5.69 Å². The van der Waals surface area contributed by atoms with E-state index >= 15 is 0 Å². The molecule has 1 saturated heterocycles. The lowest BCUT2D eigenvalue weighted by molar-refractivity contribution is 0.293. The van der Waals surface area contributed by atoms with Gasteiger partial charge in [-0.05, 0) is 48.3 Å². The van der Waals surface area contributed by atoms with Crippen LogP contribution in [0.15, 0.2) is 18.2 Å². The summed E-state index contributed by atoms with van der Waals surface area (Å²) in [7, 11) is 0. The van der Waals surface area contributed by atoms with Crippen molar-refractivity contribution in [3.8, 4) is 0 Å². The monoisotopic (exact) mass is 245 g/mol. The third-order valence-electron chi connectivity index (χ3n) is 4.14. The first-order valence-corrected chi connectivity index (χ1v) is 7.24. The Balaban J connectivity index is 2.29. The predicted molar refractivity (Wildman–Crippen MR) is 80.5 cm³/mol. The molecule has 1 aliphatic heterocycles. The van der Waals surface area contributed by atoms with Gasteiger partial charge in [-0.2, -0.15) is 0 Å². The van der Waals surface area contributed by atoms with Crippen LogP contribution in [0.5, 0.6) is 0 Å². The summed E-state index contributed by atoms with van der Waals surface area (Å²) in [5.74, 6) is 0.613. The molecule has 1 nitrogen and oxygen atoms in total. The van der Waals surface area contributed by atoms with Gasteiger partial charge in [0.2, 0.25) is 0 Å². The molecular weight excluding hydrogens is 218 g/mol. The van der Waals surface area contributed by atoms with Crippen molar-refractivity contribution in [3.63, 3.8) is 0 Å². The van der Waals surface area contributed by atoms with Crippen molar-refractivity contribution in [1.82, 2.24) is 0 Å². The third kappa shape index (κ3) is 2.88. The molecule has 1 aliphatic rings. The molecule has 0 amide bonds. The van der Waals surface area contributed by atoms with E-state index in [1.54, 1.807) is 0 Å². The average Bonchev–Trinajstić information content (AvgIpc) is 2.27. The van der Waals surface area contributed by atoms with Gasteiger partial charge in [0.25, 0.3) is 0 Å². The van der Waals surface area contributed by atoms with Crippen molar-refractivity contribution >= 4 is 5.69 Å². The van der Waals surface area contributed by atoms with Crippen molar-refractivity contribution in [2.45, 2.75) is 53.4 Å². The first-order valence-electron chi connectivity index (χ1n) is 7.24. The van der Waals surface area contributed by atoms with Crippen LogP contribution >= 0.6 is 0 Å². The Morgan fingerprint density at radius 3 is 2.56 bits per heavy atom. The van der Waals surface area contributed by atoms with Crippen molar-refractivity contribution < 1.29 is 0 Å². The molecule has 1 aromatic rings. The van der Waals surface area contributed by atoms with E-state index in [2.05, 4.69) is 57.7 Å². The number of rotatable bonds is 2. The van der Waals surface area contributed by atoms with Crippen LogP contribution in [0.2, 0.25) is 0 Å². The highest BCUT2D eigenvalue weighted by Gasteiger charge is 2.27. The number of aryl methyl sites for hydroxylation is 1. The number of benzene rings is 1. The van der Waals surface area contributed by atoms with Crippen molar-refractivity contribution in [3.05, 3.63) is 29.3 Å². The van der Waals surface area contributed by atoms with Gasteiger partial charge in [-0.3, -0.25) is 0 Å². The lowest BCUT2D eigenvalue weighted by atomic mass is 9.83. The highest BCUT2D eigenvalue weighted by molar-refractivity contribution is 5.56. The van der Waals surface area contributed by atoms with Crippen molar-refractivity contribution in [2.24, 2.45) is 5.41 Å². The summed E-state index contributed by atoms with van der Waals surface area (Å²) in [5.41, 5.74) is 4.78. The Kier molecular flexibility index (Phi) is 3.70. The number of nitrogens with zero attached hydrogens (tertiary/aromatic N) is 1. The SMILES string of the molecule is Cc1ccc(C(C)C)cc1N1CCCC(C)(C)C1. The quantitative estimate of drug-likeness (QED) is 0.727. The molecule has 0 aliphatic carbocycles. The van der Waals surface area contributed by atoms with E-state index in [0.717, 1.165) is 0 Å². The molecule has 0 bridgehead atoms. The minimum Gasteiger partial charge on any atom is -0.371 e. The zero-order valence-electron chi connectivity index (χ0n) is 12.6. The van der Waals surface area contributed by atoms with Gasteiger partial charge in [0.15, 0.2) is 0 Å². The number of hydrogen-bond donors (Lipinski definition) is 0. The van der Waals surface area contributed by atoms with Gasteiger partial charge in [0.1, 0.15) is 0 Å². The van der Waals surface area contributed by atoms with Crippen LogP contribution in [0.1, 0.15) is 57.6 Å². The largest absolute Gasteiger partial charge is 0.371 e. The number of piperidine rings is 1. The van der Waals surface area contributed by atoms with Gasteiger partial charge < -0.3 is 4.90 Å². The van der Waals surface area contributed by atoms with E-state index in [-0.39, 0.29) is 0 Å². The first kappa shape index (κ1) is 13.5. The van der Waals surface area contributed by atoms with E-state index in [1.165, 1.54) is 42.7 Å². The second-order valence-corrected chi connectivity index (χ2v) is 6.89. The highest BCUT2D eigenvalue weighted by atomic mass is 15.1. The third-order valence-corrected chi connectivity index (χ3v) is 4.14. The predicted octanol–water partition coefficient (Wildman–Crippen LogP) is 4.74. The van der Waals surface area contributed by atoms with E-state index in [1.807, 2.05) is 0 Å². The fourth-order valence-electron chi connectivity index (χ4n) is 2.96. The Labute approximate surface area is 112 Å². The smallest absolute Gasteiger partial charge is 0.0398 e. The molecule has 0 unspecified atom stereocenters. The second kappa shape index (κ2) is 4.95. The van der Waals surface area contributed by atoms with E-state index < -0.39 is 0 Å². The van der Waals surface area contributed by atoms with Gasteiger partial charge in [-0.25, -0.2) is 0 Å². The maximum absolute atomic E-state index is 2.59. The fourth-order valence-corrected chi connectivity index (χ4v) is 2.96. The Hall–Kier alpha value is -0.980. The van der Waals surface area contributed by atoms with Gasteiger partial charge >= 0.3 is 0 Å². The van der Waals surface area contributed by atoms with Crippen LogP contribution in [0, 0.1) is 12.3 Å². The van der Waals surface area contributed by atoms with Crippen LogP contribution in [-0.4, -0.2) is 13.1 Å². The lowest BCUT2D eigenvalue weighted by Crippen LogP contribution is -2.40. The van der Waals surface area contributed by atoms with E-state index in [4.69, 9.17) is 0 Å². The van der Waals surface area contributed by atoms with Gasteiger partial charge in [0.05, 0.1) is 0 Å². The van der Waals surface area contributed by atoms with Crippen molar-refractivity contribution in [1.29, 1.82) is 0 Å². The zero-order valence-corrected chi connectivity index (χ0v) is 12.6. The molecule has 100 valence electrons. The molecule has 1 fully saturated rings. The van der Waals surface area contributed by atoms with Crippen LogP contribution in [-0.2, 0) is 0 Å². The molecule has 1 heterocycles. The van der Waals surface area contributed by atoms with E-state index in [0.29, 0.717) is 11.3 Å². The normalized spacial score (nSPS) is 19.3. The summed E-state index contributed by atoms with van der Waals surface area (Å²) in [4.78, 5) is 2.59. The highest BCUT2D eigenvalue weighted by Crippen LogP contribution is 2.34. The molecule has 0 radical (unpaired) electrons. The molecular formula is C17H27N. The van der Waals surface area contributed by atoms with Gasteiger partial charge in [-0.1, -0.05) is 39.8 Å². The molecule has 0 N–H and O–H groups in total. The van der Waals surface area contributed by atoms with Crippen LogP contribution in [0.3, 0.4) is 0 Å². The summed E-state index contributed by atoms with van der Waals surface area (Å²) in [5, 5.41) is 0.